The van der Waals surface area contributed by atoms with Crippen LogP contribution in [0.15, 0.2) is 70.9 Å². The van der Waals surface area contributed by atoms with Crippen LogP contribution in [0.2, 0.25) is 0 Å². The first-order chi connectivity index (χ1) is 15.4. The number of fused-ring (bicyclic) bond motifs is 1. The molecule has 0 aliphatic carbocycles. The number of nitrogens with zero attached hydrogens (tertiary/aromatic N) is 1. The lowest BCUT2D eigenvalue weighted by atomic mass is 9.81. The summed E-state index contributed by atoms with van der Waals surface area (Å²) in [5, 5.41) is 19.5. The molecule has 9 heteroatoms. The molecule has 2 saturated heterocycles. The Morgan fingerprint density at radius 2 is 1.84 bits per heavy atom. The minimum atomic E-state index is -2.38. The number of carboxylic acid groups (broad SMARTS) is 1. The summed E-state index contributed by atoms with van der Waals surface area (Å²) in [6.45, 7) is -1.14. The predicted molar refractivity (Wildman–Crippen MR) is 116 cm³/mol. The molecule has 1 unspecified atom stereocenters. The molecule has 1 amide bonds. The molecule has 0 saturated carbocycles. The first kappa shape index (κ1) is 22.0. The first-order valence-corrected chi connectivity index (χ1v) is 10.7. The van der Waals surface area contributed by atoms with Gasteiger partial charge < -0.3 is 19.7 Å². The molecule has 3 atom stereocenters. The van der Waals surface area contributed by atoms with Gasteiger partial charge in [-0.1, -0.05) is 46.3 Å². The van der Waals surface area contributed by atoms with E-state index in [0.717, 1.165) is 21.0 Å². The number of benzene rings is 2. The summed E-state index contributed by atoms with van der Waals surface area (Å²) in [5.74, 6) is -3.47. The van der Waals surface area contributed by atoms with Crippen LogP contribution in [0.25, 0.3) is 0 Å². The Kier molecular flexibility index (Phi) is 6.03. The largest absolute Gasteiger partial charge is 0.486 e. The molecule has 8 nitrogen and oxygen atoms in total. The van der Waals surface area contributed by atoms with E-state index in [9.17, 15) is 24.6 Å². The van der Waals surface area contributed by atoms with Gasteiger partial charge in [0.05, 0.1) is 12.5 Å². The van der Waals surface area contributed by atoms with Crippen LogP contribution < -0.4 is 4.74 Å². The standard InChI is InChI=1S/C23H20BrNO7/c24-15-8-6-14(7-9-15)12-17-20(28)25-21(17)32-19(10-11-26)23(25,22(29)30)18(27)13-31-16-4-2-1-3-5-16/h1-10,17,21,26H,11-13H2,(H,29,30)/b19-10-/t17?,21-,23+/m1/s1. The molecule has 0 radical (unpaired) electrons. The molecule has 2 aromatic rings. The van der Waals surface area contributed by atoms with Gasteiger partial charge in [-0.05, 0) is 42.3 Å². The van der Waals surface area contributed by atoms with Crippen molar-refractivity contribution in [2.24, 2.45) is 5.92 Å². The Balaban J connectivity index is 1.62. The van der Waals surface area contributed by atoms with Crippen LogP contribution in [0.3, 0.4) is 0 Å². The fraction of sp³-hybridized carbons (Fsp3) is 0.261. The fourth-order valence-corrected chi connectivity index (χ4v) is 4.32. The van der Waals surface area contributed by atoms with E-state index >= 15 is 0 Å². The smallest absolute Gasteiger partial charge is 0.345 e. The van der Waals surface area contributed by atoms with Gasteiger partial charge in [0, 0.05) is 4.47 Å². The summed E-state index contributed by atoms with van der Waals surface area (Å²) < 4.78 is 12.1. The second kappa shape index (κ2) is 8.76. The van der Waals surface area contributed by atoms with Crippen molar-refractivity contribution in [3.8, 4) is 5.75 Å². The Morgan fingerprint density at radius 1 is 1.16 bits per heavy atom. The highest BCUT2D eigenvalue weighted by molar-refractivity contribution is 9.10. The van der Waals surface area contributed by atoms with Crippen molar-refractivity contribution in [3.05, 3.63) is 76.5 Å². The third-order valence-electron chi connectivity index (χ3n) is 5.59. The van der Waals surface area contributed by atoms with Crippen molar-refractivity contribution in [1.82, 2.24) is 4.90 Å². The number of β-lactam (4-membered cyclic amide) rings is 1. The number of rotatable bonds is 8. The number of aliphatic hydroxyl groups is 1. The van der Waals surface area contributed by atoms with Crippen LogP contribution >= 0.6 is 15.9 Å². The van der Waals surface area contributed by atoms with Gasteiger partial charge in [0.15, 0.2) is 12.8 Å². The average Bonchev–Trinajstić information content (AvgIpc) is 3.10. The lowest BCUT2D eigenvalue weighted by Gasteiger charge is -2.45. The van der Waals surface area contributed by atoms with Crippen molar-refractivity contribution >= 4 is 33.6 Å². The number of carboxylic acids is 1. The number of ether oxygens (including phenoxy) is 2. The van der Waals surface area contributed by atoms with Crippen LogP contribution in [-0.4, -0.2) is 57.8 Å². The number of halogens is 1. The Labute approximate surface area is 192 Å². The molecule has 2 aliphatic rings. The number of carbonyl (C=O) groups is 3. The van der Waals surface area contributed by atoms with E-state index in [0.29, 0.717) is 12.2 Å². The molecule has 2 N–H and O–H groups in total. The highest BCUT2D eigenvalue weighted by Gasteiger charge is 2.72. The molecule has 32 heavy (non-hydrogen) atoms. The maximum Gasteiger partial charge on any atom is 0.345 e. The lowest BCUT2D eigenvalue weighted by molar-refractivity contribution is -0.185. The average molecular weight is 502 g/mol. The van der Waals surface area contributed by atoms with Crippen LogP contribution in [0.4, 0.5) is 0 Å². The number of carbonyl (C=O) groups excluding carboxylic acids is 2. The number of para-hydroxylation sites is 1. The summed E-state index contributed by atoms with van der Waals surface area (Å²) in [6.07, 6.45) is 0.502. The minimum absolute atomic E-state index is 0.272. The monoisotopic (exact) mass is 501 g/mol. The predicted octanol–water partition coefficient (Wildman–Crippen LogP) is 2.15. The number of Topliss-reactive ketones (excluding diaryl/α,β-unsaturated/α-hetero) is 1. The second-order valence-corrected chi connectivity index (χ2v) is 8.36. The molecule has 166 valence electrons. The van der Waals surface area contributed by atoms with Gasteiger partial charge in [0.25, 0.3) is 5.54 Å². The minimum Gasteiger partial charge on any atom is -0.486 e. The Morgan fingerprint density at radius 3 is 2.47 bits per heavy atom. The quantitative estimate of drug-likeness (QED) is 0.420. The van der Waals surface area contributed by atoms with Gasteiger partial charge in [-0.2, -0.15) is 0 Å². The Hall–Kier alpha value is -3.17. The SMILES string of the molecule is O=C1C(Cc2ccc(Br)cc2)[C@H]2O/C(=C\CO)[C@](C(=O)O)(C(=O)COc3ccccc3)N12. The number of hydrogen-bond donors (Lipinski definition) is 2. The molecule has 2 aromatic carbocycles. The zero-order chi connectivity index (χ0) is 22.9. The van der Waals surface area contributed by atoms with Gasteiger partial charge in [0.1, 0.15) is 11.5 Å². The van der Waals surface area contributed by atoms with E-state index in [1.54, 1.807) is 30.3 Å². The first-order valence-electron chi connectivity index (χ1n) is 9.90. The zero-order valence-corrected chi connectivity index (χ0v) is 18.4. The molecule has 0 bridgehead atoms. The van der Waals surface area contributed by atoms with E-state index in [2.05, 4.69) is 15.9 Å². The highest BCUT2D eigenvalue weighted by Crippen LogP contribution is 2.48. The number of amides is 1. The van der Waals surface area contributed by atoms with E-state index in [-0.39, 0.29) is 5.76 Å². The third kappa shape index (κ3) is 3.57. The van der Waals surface area contributed by atoms with E-state index < -0.39 is 48.6 Å². The Bertz CT molecular complexity index is 1070. The van der Waals surface area contributed by atoms with Crippen LogP contribution in [-0.2, 0) is 25.5 Å². The molecular formula is C23H20BrNO7. The summed E-state index contributed by atoms with van der Waals surface area (Å²) in [5.41, 5.74) is -1.51. The summed E-state index contributed by atoms with van der Waals surface area (Å²) in [7, 11) is 0. The van der Waals surface area contributed by atoms with Crippen LogP contribution in [0, 0.1) is 5.92 Å². The molecule has 2 heterocycles. The summed E-state index contributed by atoms with van der Waals surface area (Å²) in [6, 6.07) is 15.8. The van der Waals surface area contributed by atoms with Gasteiger partial charge in [-0.15, -0.1) is 0 Å². The molecule has 0 spiro atoms. The summed E-state index contributed by atoms with van der Waals surface area (Å²) >= 11 is 3.36. The maximum absolute atomic E-state index is 13.2. The van der Waals surface area contributed by atoms with E-state index in [1.807, 2.05) is 24.3 Å². The molecule has 2 fully saturated rings. The van der Waals surface area contributed by atoms with Crippen molar-refractivity contribution in [3.63, 3.8) is 0 Å². The topological polar surface area (TPSA) is 113 Å². The van der Waals surface area contributed by atoms with E-state index in [4.69, 9.17) is 9.47 Å². The number of aliphatic hydroxyl groups excluding tert-OH is 1. The van der Waals surface area contributed by atoms with Crippen LogP contribution in [0.1, 0.15) is 5.56 Å². The second-order valence-electron chi connectivity index (χ2n) is 7.45. The van der Waals surface area contributed by atoms with Gasteiger partial charge in [0.2, 0.25) is 11.7 Å². The van der Waals surface area contributed by atoms with Crippen molar-refractivity contribution in [1.29, 1.82) is 0 Å². The van der Waals surface area contributed by atoms with Crippen LogP contribution in [0.5, 0.6) is 5.75 Å². The van der Waals surface area contributed by atoms with Gasteiger partial charge >= 0.3 is 5.97 Å². The third-order valence-corrected chi connectivity index (χ3v) is 6.12. The molecule has 2 aliphatic heterocycles. The number of aliphatic carboxylic acids is 1. The van der Waals surface area contributed by atoms with Crippen molar-refractivity contribution in [2.75, 3.05) is 13.2 Å². The zero-order valence-electron chi connectivity index (χ0n) is 16.8. The van der Waals surface area contributed by atoms with Gasteiger partial charge in [-0.25, -0.2) is 4.79 Å². The number of hydrogen-bond acceptors (Lipinski definition) is 6. The highest BCUT2D eigenvalue weighted by atomic mass is 79.9. The molecule has 4 rings (SSSR count). The van der Waals surface area contributed by atoms with Gasteiger partial charge in [-0.3, -0.25) is 14.5 Å². The van der Waals surface area contributed by atoms with Crippen molar-refractivity contribution in [2.45, 2.75) is 18.2 Å². The lowest BCUT2D eigenvalue weighted by Crippen LogP contribution is -2.71. The molecular weight excluding hydrogens is 482 g/mol. The fourth-order valence-electron chi connectivity index (χ4n) is 4.06. The summed E-state index contributed by atoms with van der Waals surface area (Å²) in [4.78, 5) is 39.6. The van der Waals surface area contributed by atoms with Crippen molar-refractivity contribution < 1.29 is 34.1 Å². The normalized spacial score (nSPS) is 25.1. The number of ketones is 1. The van der Waals surface area contributed by atoms with E-state index in [1.165, 1.54) is 0 Å². The maximum atomic E-state index is 13.2. The molecule has 0 aromatic heterocycles.